The molecule has 4 N–H and O–H groups in total. The Balaban J connectivity index is 2.02. The molecule has 2 rings (SSSR count). The van der Waals surface area contributed by atoms with Gasteiger partial charge in [-0.1, -0.05) is 0 Å². The van der Waals surface area contributed by atoms with Crippen molar-refractivity contribution >= 4 is 23.3 Å². The molecule has 1 aliphatic rings. The van der Waals surface area contributed by atoms with E-state index in [2.05, 4.69) is 10.5 Å². The molecular weight excluding hydrogens is 379 g/mol. The average Bonchev–Trinajstić information content (AvgIpc) is 2.63. The monoisotopic (exact) mass is 404 g/mol. The first kappa shape index (κ1) is 21.9. The molecule has 10 heteroatoms. The number of benzene rings is 1. The van der Waals surface area contributed by atoms with Gasteiger partial charge in [-0.25, -0.2) is 9.18 Å². The Bertz CT molecular complexity index is 835. The molecule has 156 valence electrons. The normalized spacial score (nSPS) is 15.4. The van der Waals surface area contributed by atoms with Gasteiger partial charge >= 0.3 is 6.09 Å². The van der Waals surface area contributed by atoms with E-state index in [0.717, 1.165) is 0 Å². The highest BCUT2D eigenvalue weighted by molar-refractivity contribution is 6.45. The molecule has 29 heavy (non-hydrogen) atoms. The Morgan fingerprint density at radius 2 is 2.07 bits per heavy atom. The highest BCUT2D eigenvalue weighted by Crippen LogP contribution is 2.29. The van der Waals surface area contributed by atoms with Crippen LogP contribution >= 0.6 is 0 Å². The summed E-state index contributed by atoms with van der Waals surface area (Å²) in [7, 11) is 0. The Morgan fingerprint density at radius 3 is 2.62 bits per heavy atom. The van der Waals surface area contributed by atoms with Crippen LogP contribution in [0.3, 0.4) is 0 Å². The highest BCUT2D eigenvalue weighted by Gasteiger charge is 2.28. The summed E-state index contributed by atoms with van der Waals surface area (Å²) in [6, 6.07) is 5.54. The Hall–Kier alpha value is -3.35. The van der Waals surface area contributed by atoms with E-state index in [1.165, 1.54) is 18.2 Å². The number of carbonyl (C=O) groups excluding carboxylic acids is 1. The number of hydrogen-bond acceptors (Lipinski definition) is 7. The standard InChI is InChI=1S/C19H25FN6O3/c1-19(2,3)29-18(27)26-8-6-13(7-9-26)28-16-5-4-12(20)10-14(16)24-25-15(11-21)17(22)23/h4-5,10,13,24H,6-9H2,1-3H3,(H3,22,23)/b25-15+. The van der Waals surface area contributed by atoms with Gasteiger partial charge in [0.05, 0.1) is 0 Å². The summed E-state index contributed by atoms with van der Waals surface area (Å²) in [5.41, 5.74) is 7.09. The van der Waals surface area contributed by atoms with Crippen molar-refractivity contribution in [2.45, 2.75) is 45.3 Å². The third-order valence-corrected chi connectivity index (χ3v) is 3.98. The van der Waals surface area contributed by atoms with Crippen LogP contribution < -0.4 is 15.9 Å². The van der Waals surface area contributed by atoms with Gasteiger partial charge in [-0.05, 0) is 32.9 Å². The maximum atomic E-state index is 13.6. The average molecular weight is 404 g/mol. The fourth-order valence-electron chi connectivity index (χ4n) is 2.62. The third kappa shape index (κ3) is 6.64. The molecule has 1 aromatic rings. The second-order valence-electron chi connectivity index (χ2n) is 7.52. The first-order valence-corrected chi connectivity index (χ1v) is 9.11. The minimum Gasteiger partial charge on any atom is -0.488 e. The smallest absolute Gasteiger partial charge is 0.410 e. The topological polar surface area (TPSA) is 137 Å². The summed E-state index contributed by atoms with van der Waals surface area (Å²) in [4.78, 5) is 13.8. The molecule has 0 atom stereocenters. The van der Waals surface area contributed by atoms with Crippen LogP contribution in [0.1, 0.15) is 33.6 Å². The zero-order chi connectivity index (χ0) is 21.6. The molecular formula is C19H25FN6O3. The fourth-order valence-corrected chi connectivity index (χ4v) is 2.62. The number of piperidine rings is 1. The van der Waals surface area contributed by atoms with Crippen molar-refractivity contribution in [1.29, 1.82) is 10.7 Å². The van der Waals surface area contributed by atoms with Gasteiger partial charge in [0.2, 0.25) is 5.71 Å². The number of hydrazone groups is 1. The molecule has 1 aliphatic heterocycles. The molecule has 0 spiro atoms. The van der Waals surface area contributed by atoms with Crippen molar-refractivity contribution in [2.24, 2.45) is 10.8 Å². The molecule has 0 aliphatic carbocycles. The Morgan fingerprint density at radius 1 is 1.41 bits per heavy atom. The van der Waals surface area contributed by atoms with E-state index in [1.807, 2.05) is 20.8 Å². The zero-order valence-corrected chi connectivity index (χ0v) is 16.7. The van der Waals surface area contributed by atoms with Crippen LogP contribution in [0.5, 0.6) is 5.75 Å². The number of halogens is 1. The number of carbonyl (C=O) groups is 1. The summed E-state index contributed by atoms with van der Waals surface area (Å²) in [6.45, 7) is 6.40. The molecule has 1 fully saturated rings. The number of anilines is 1. The van der Waals surface area contributed by atoms with Crippen molar-refractivity contribution in [3.05, 3.63) is 24.0 Å². The van der Waals surface area contributed by atoms with Crippen LogP contribution in [-0.4, -0.2) is 47.3 Å². The van der Waals surface area contributed by atoms with Crippen molar-refractivity contribution in [3.8, 4) is 11.8 Å². The molecule has 0 unspecified atom stereocenters. The van der Waals surface area contributed by atoms with Crippen molar-refractivity contribution in [3.63, 3.8) is 0 Å². The van der Waals surface area contributed by atoms with E-state index < -0.39 is 17.3 Å². The maximum absolute atomic E-state index is 13.6. The van der Waals surface area contributed by atoms with Crippen LogP contribution in [-0.2, 0) is 4.74 Å². The van der Waals surface area contributed by atoms with Crippen LogP contribution in [0.4, 0.5) is 14.9 Å². The molecule has 0 saturated carbocycles. The molecule has 1 amide bonds. The van der Waals surface area contributed by atoms with Crippen LogP contribution in [0.25, 0.3) is 0 Å². The van der Waals surface area contributed by atoms with Gasteiger partial charge in [-0.3, -0.25) is 10.8 Å². The van der Waals surface area contributed by atoms with E-state index >= 15 is 0 Å². The van der Waals surface area contributed by atoms with Crippen LogP contribution in [0.15, 0.2) is 23.3 Å². The summed E-state index contributed by atoms with van der Waals surface area (Å²) < 4.78 is 25.0. The number of nitriles is 1. The first-order valence-electron chi connectivity index (χ1n) is 9.11. The SMILES string of the molecule is CC(C)(C)OC(=O)N1CCC(Oc2ccc(F)cc2N/N=C(\C#N)C(=N)N)CC1. The van der Waals surface area contributed by atoms with E-state index in [1.54, 1.807) is 11.0 Å². The number of nitrogens with zero attached hydrogens (tertiary/aromatic N) is 3. The number of ether oxygens (including phenoxy) is 2. The van der Waals surface area contributed by atoms with Gasteiger partial charge in [0.15, 0.2) is 5.84 Å². The van der Waals surface area contributed by atoms with Gasteiger partial charge in [0.1, 0.15) is 35.0 Å². The molecule has 0 bridgehead atoms. The van der Waals surface area contributed by atoms with Crippen molar-refractivity contribution < 1.29 is 18.7 Å². The molecule has 1 saturated heterocycles. The number of likely N-dealkylation sites (tertiary alicyclic amines) is 1. The van der Waals surface area contributed by atoms with Gasteiger partial charge in [0.25, 0.3) is 0 Å². The molecule has 0 radical (unpaired) electrons. The van der Waals surface area contributed by atoms with Crippen molar-refractivity contribution in [2.75, 3.05) is 18.5 Å². The van der Waals surface area contributed by atoms with Crippen molar-refractivity contribution in [1.82, 2.24) is 4.90 Å². The minimum absolute atomic E-state index is 0.188. The highest BCUT2D eigenvalue weighted by atomic mass is 19.1. The second-order valence-corrected chi connectivity index (χ2v) is 7.52. The van der Waals surface area contributed by atoms with Crippen LogP contribution in [0.2, 0.25) is 0 Å². The number of rotatable bonds is 5. The Kier molecular flexibility index (Phi) is 6.98. The lowest BCUT2D eigenvalue weighted by atomic mass is 10.1. The predicted molar refractivity (Wildman–Crippen MR) is 106 cm³/mol. The maximum Gasteiger partial charge on any atom is 0.410 e. The second kappa shape index (κ2) is 9.23. The quantitative estimate of drug-likeness (QED) is 0.392. The number of amidine groups is 1. The summed E-state index contributed by atoms with van der Waals surface area (Å²) >= 11 is 0. The molecule has 9 nitrogen and oxygen atoms in total. The van der Waals surface area contributed by atoms with E-state index in [0.29, 0.717) is 31.7 Å². The lowest BCUT2D eigenvalue weighted by Crippen LogP contribution is -2.44. The van der Waals surface area contributed by atoms with Gasteiger partial charge in [0, 0.05) is 32.0 Å². The third-order valence-electron chi connectivity index (χ3n) is 3.98. The van der Waals surface area contributed by atoms with Crippen LogP contribution in [0, 0.1) is 22.6 Å². The molecule has 1 heterocycles. The zero-order valence-electron chi connectivity index (χ0n) is 16.7. The minimum atomic E-state index is -0.554. The largest absolute Gasteiger partial charge is 0.488 e. The van der Waals surface area contributed by atoms with E-state index in [4.69, 9.17) is 25.9 Å². The predicted octanol–water partition coefficient (Wildman–Crippen LogP) is 2.83. The lowest BCUT2D eigenvalue weighted by Gasteiger charge is -2.33. The van der Waals surface area contributed by atoms with E-state index in [-0.39, 0.29) is 23.6 Å². The lowest BCUT2D eigenvalue weighted by molar-refractivity contribution is 0.0127. The van der Waals surface area contributed by atoms with Gasteiger partial charge < -0.3 is 20.1 Å². The summed E-state index contributed by atoms with van der Waals surface area (Å²) in [6.07, 6.45) is 0.613. The fraction of sp³-hybridized carbons (Fsp3) is 0.474. The Labute approximate surface area is 168 Å². The molecule has 1 aromatic carbocycles. The number of hydrogen-bond donors (Lipinski definition) is 3. The summed E-state index contributed by atoms with van der Waals surface area (Å²) in [5.74, 6) is -0.684. The summed E-state index contributed by atoms with van der Waals surface area (Å²) in [5, 5.41) is 19.9. The first-order chi connectivity index (χ1) is 13.6. The number of nitrogens with one attached hydrogen (secondary N) is 2. The number of nitrogens with two attached hydrogens (primary N) is 1. The number of amides is 1. The molecule has 0 aromatic heterocycles. The van der Waals surface area contributed by atoms with Gasteiger partial charge in [-0.2, -0.15) is 10.4 Å². The van der Waals surface area contributed by atoms with Gasteiger partial charge in [-0.15, -0.1) is 0 Å². The van der Waals surface area contributed by atoms with E-state index in [9.17, 15) is 9.18 Å².